The summed E-state index contributed by atoms with van der Waals surface area (Å²) in [4.78, 5) is 130. The zero-order chi connectivity index (χ0) is 55.0. The summed E-state index contributed by atoms with van der Waals surface area (Å²) in [5.41, 5.74) is 0.693. The summed E-state index contributed by atoms with van der Waals surface area (Å²) in [5.74, 6) is -8.85. The van der Waals surface area contributed by atoms with Gasteiger partial charge in [-0.15, -0.1) is 0 Å². The molecule has 0 saturated carbocycles. The van der Waals surface area contributed by atoms with E-state index < -0.39 is 124 Å². The molecule has 2 aliphatic heterocycles. The number of allylic oxidation sites excluding steroid dienone is 1. The second-order valence-electron chi connectivity index (χ2n) is 19.2. The maximum Gasteiger partial charge on any atom is 0.329 e. The third-order valence-corrected chi connectivity index (χ3v) is 14.1. The summed E-state index contributed by atoms with van der Waals surface area (Å²) in [6.07, 6.45) is -0.000657. The number of esters is 1. The molecule has 0 aliphatic carbocycles. The van der Waals surface area contributed by atoms with E-state index in [9.17, 15) is 52.8 Å². The van der Waals surface area contributed by atoms with Crippen LogP contribution < -0.4 is 31.9 Å². The Balaban J connectivity index is 1.84. The van der Waals surface area contributed by atoms with Gasteiger partial charge in [0.2, 0.25) is 35.4 Å². The topological polar surface area (TPSA) is 299 Å². The number of piperidine rings is 1. The zero-order valence-corrected chi connectivity index (χ0v) is 44.5. The number of aliphatic hydroxyl groups excluding tert-OH is 1. The first kappa shape index (κ1) is 59.9. The number of ether oxygens (including phenoxy) is 1. The van der Waals surface area contributed by atoms with E-state index in [1.807, 2.05) is 6.92 Å². The Morgan fingerprint density at radius 2 is 1.50 bits per heavy atom. The first-order valence-electron chi connectivity index (χ1n) is 25.1. The van der Waals surface area contributed by atoms with Gasteiger partial charge in [-0.25, -0.2) is 4.79 Å². The predicted molar refractivity (Wildman–Crippen MR) is 274 cm³/mol. The van der Waals surface area contributed by atoms with Crippen molar-refractivity contribution in [1.82, 2.24) is 41.7 Å². The van der Waals surface area contributed by atoms with Crippen molar-refractivity contribution in [3.05, 3.63) is 77.5 Å². The first-order valence-corrected chi connectivity index (χ1v) is 26.8. The maximum atomic E-state index is 15.0. The Labute approximate surface area is 435 Å². The van der Waals surface area contributed by atoms with Gasteiger partial charge in [-0.05, 0) is 74.6 Å². The number of amides is 8. The fourth-order valence-electron chi connectivity index (χ4n) is 8.61. The molecule has 406 valence electrons. The molecule has 2 aromatic carbocycles. The van der Waals surface area contributed by atoms with Crippen molar-refractivity contribution < 1.29 is 62.3 Å². The van der Waals surface area contributed by atoms with Gasteiger partial charge in [-0.1, -0.05) is 89.6 Å². The molecule has 8 amide bonds. The van der Waals surface area contributed by atoms with Gasteiger partial charge < -0.3 is 56.7 Å². The summed E-state index contributed by atoms with van der Waals surface area (Å²) in [6, 6.07) is 4.58. The van der Waals surface area contributed by atoms with Gasteiger partial charge in [-0.3, -0.25) is 42.6 Å². The highest BCUT2D eigenvalue weighted by molar-refractivity contribution is 7.84. The van der Waals surface area contributed by atoms with E-state index in [-0.39, 0.29) is 61.9 Å². The number of carbonyl (C=O) groups is 9. The van der Waals surface area contributed by atoms with Crippen molar-refractivity contribution in [2.45, 2.75) is 154 Å². The summed E-state index contributed by atoms with van der Waals surface area (Å²) in [7, 11) is -0.117. The number of hydrogen-bond acceptors (Lipinski definition) is 13. The molecule has 2 saturated heterocycles. The Bertz CT molecular complexity index is 2390. The first-order chi connectivity index (χ1) is 35.0. The number of benzene rings is 2. The van der Waals surface area contributed by atoms with Crippen molar-refractivity contribution in [2.24, 2.45) is 11.8 Å². The molecule has 4 rings (SSSR count). The summed E-state index contributed by atoms with van der Waals surface area (Å²) < 4.78 is 18.3. The molecular weight excluding hydrogens is 977 g/mol. The van der Waals surface area contributed by atoms with Gasteiger partial charge in [0.1, 0.15) is 66.1 Å². The Hall–Kier alpha value is -6.68. The van der Waals surface area contributed by atoms with Crippen LogP contribution in [0.15, 0.2) is 66.4 Å². The number of aliphatic hydroxyl groups is 1. The summed E-state index contributed by atoms with van der Waals surface area (Å²) >= 11 is 0. The third-order valence-electron chi connectivity index (χ3n) is 13.2. The fraction of sp³-hybridized carbons (Fsp3) is 0.558. The molecule has 8 N–H and O–H groups in total. The maximum absolute atomic E-state index is 15.0. The van der Waals surface area contributed by atoms with Crippen molar-refractivity contribution in [1.29, 1.82) is 0 Å². The van der Waals surface area contributed by atoms with Crippen LogP contribution in [0.2, 0.25) is 0 Å². The molecule has 0 spiro atoms. The number of aromatic hydroxyl groups is 1. The minimum atomic E-state index is -1.83. The van der Waals surface area contributed by atoms with Crippen molar-refractivity contribution in [2.75, 3.05) is 19.1 Å². The van der Waals surface area contributed by atoms with Crippen LogP contribution in [0.25, 0.3) is 0 Å². The second kappa shape index (κ2) is 28.1. The highest BCUT2D eigenvalue weighted by Gasteiger charge is 2.45. The monoisotopic (exact) mass is 1050 g/mol. The minimum Gasteiger partial charge on any atom is -0.508 e. The Kier molecular flexibility index (Phi) is 22.8. The molecule has 2 fully saturated rings. The number of phenols is 1. The van der Waals surface area contributed by atoms with Crippen LogP contribution in [0, 0.1) is 11.8 Å². The number of nitrogens with zero attached hydrogens (tertiary/aromatic N) is 2. The number of carbonyl (C=O) groups excluding carboxylic acids is 9. The van der Waals surface area contributed by atoms with Gasteiger partial charge in [0.15, 0.2) is 0 Å². The number of rotatable bonds is 17. The Morgan fingerprint density at radius 3 is 2.09 bits per heavy atom. The molecule has 2 heterocycles. The normalized spacial score (nSPS) is 24.7. The lowest BCUT2D eigenvalue weighted by atomic mass is 9.95. The quantitative estimate of drug-likeness (QED) is 0.0811. The molecule has 1 unspecified atom stereocenters. The molecule has 21 nitrogen and oxygen atoms in total. The van der Waals surface area contributed by atoms with Crippen molar-refractivity contribution >= 4 is 64.0 Å². The summed E-state index contributed by atoms with van der Waals surface area (Å²) in [5, 5.41) is 37.3. The number of fused-ring (bicyclic) bond motifs is 2. The van der Waals surface area contributed by atoms with Gasteiger partial charge in [0, 0.05) is 49.1 Å². The van der Waals surface area contributed by atoms with Crippen LogP contribution in [-0.4, -0.2) is 151 Å². The van der Waals surface area contributed by atoms with Crippen LogP contribution in [0.1, 0.15) is 98.1 Å². The smallest absolute Gasteiger partial charge is 0.329 e. The van der Waals surface area contributed by atoms with Crippen LogP contribution in [0.4, 0.5) is 0 Å². The SMILES string of the molecule is C/C=C1/NC(=O)[C@@H](NC(=O)[C@H](CCS(C)=O)NC(=O)[C@@H](NC(=O)CCC)[C@@H](C)CC)[C@@H](C)OC(=O)[C@H](C(C)C)NC(=O)[C@H](Cc2ccc(O)cc2)N(C)C(=O)[C@H](Cc2ccccc2)N2C(=O)[C@H](CC[C@H]2O)NC1=O. The van der Waals surface area contributed by atoms with E-state index >= 15 is 4.79 Å². The third kappa shape index (κ3) is 16.4. The van der Waals surface area contributed by atoms with Crippen molar-refractivity contribution in [3.8, 4) is 5.75 Å². The molecule has 0 radical (unpaired) electrons. The molecule has 22 heteroatoms. The highest BCUT2D eigenvalue weighted by atomic mass is 32.2. The van der Waals surface area contributed by atoms with Gasteiger partial charge in [-0.2, -0.15) is 0 Å². The second-order valence-corrected chi connectivity index (χ2v) is 20.8. The van der Waals surface area contributed by atoms with E-state index in [1.165, 1.54) is 45.4 Å². The van der Waals surface area contributed by atoms with Crippen LogP contribution in [0.5, 0.6) is 5.75 Å². The van der Waals surface area contributed by atoms with Crippen LogP contribution >= 0.6 is 0 Å². The minimum absolute atomic E-state index is 0.0625. The largest absolute Gasteiger partial charge is 0.508 e. The zero-order valence-electron chi connectivity index (χ0n) is 43.7. The molecular formula is C52H74N8O13S. The average Bonchev–Trinajstić information content (AvgIpc) is 3.36. The molecule has 2 aliphatic rings. The standard InChI is InChI=1S/C52H74N8O13S/c1-10-16-40(62)56-43(30(6)11-2)48(67)54-36(25-26-74(9)72)46(65)58-44-31(7)73-52(71)42(29(4)5)57-47(66)38(27-33-19-21-34(61)22-20-33)59(8)51(70)39(28-32-17-14-13-15-18-32)60-41(63)24-23-37(50(60)69)55-45(64)35(12-3)53-49(44)68/h12-15,17-22,29-31,36-39,41-44,61,63H,10-11,16,23-28H2,1-9H3,(H,53,68)(H,54,67)(H,55,64)(H,56,62)(H,57,66)(H,58,65)/b35-12+/t30-,31+,36-,37-,38-,39-,41+,42-,43-,44-,74?/m0/s1. The fourth-order valence-corrected chi connectivity index (χ4v) is 9.18. The van der Waals surface area contributed by atoms with E-state index in [4.69, 9.17) is 4.74 Å². The highest BCUT2D eigenvalue weighted by Crippen LogP contribution is 2.26. The average molecular weight is 1050 g/mol. The van der Waals surface area contributed by atoms with Gasteiger partial charge in [0.05, 0.1) is 0 Å². The number of hydrogen-bond donors (Lipinski definition) is 8. The van der Waals surface area contributed by atoms with E-state index in [0.717, 1.165) is 9.80 Å². The number of nitrogens with one attached hydrogen (secondary N) is 6. The molecule has 74 heavy (non-hydrogen) atoms. The van der Waals surface area contributed by atoms with E-state index in [0.29, 0.717) is 24.0 Å². The van der Waals surface area contributed by atoms with Crippen molar-refractivity contribution in [3.63, 3.8) is 0 Å². The summed E-state index contributed by atoms with van der Waals surface area (Å²) in [6.45, 7) is 11.3. The molecule has 2 aromatic rings. The number of cyclic esters (lactones) is 1. The van der Waals surface area contributed by atoms with Gasteiger partial charge >= 0.3 is 5.97 Å². The number of likely N-dealkylation sites (N-methyl/N-ethyl adjacent to an activating group) is 1. The lowest BCUT2D eigenvalue weighted by Gasteiger charge is -2.43. The Morgan fingerprint density at radius 1 is 0.865 bits per heavy atom. The van der Waals surface area contributed by atoms with E-state index in [2.05, 4.69) is 31.9 Å². The molecule has 11 atom stereocenters. The number of phenolic OH excluding ortho intramolecular Hbond substituents is 1. The van der Waals surface area contributed by atoms with E-state index in [1.54, 1.807) is 70.2 Å². The molecule has 2 bridgehead atoms. The molecule has 0 aromatic heterocycles. The van der Waals surface area contributed by atoms with Crippen LogP contribution in [-0.2, 0) is 71.5 Å². The lowest BCUT2D eigenvalue weighted by molar-refractivity contribution is -0.165. The predicted octanol–water partition coefficient (Wildman–Crippen LogP) is 0.974. The van der Waals surface area contributed by atoms with Gasteiger partial charge in [0.25, 0.3) is 11.8 Å². The van der Waals surface area contributed by atoms with Crippen LogP contribution in [0.3, 0.4) is 0 Å². The lowest BCUT2D eigenvalue weighted by Crippen LogP contribution is -2.64.